The van der Waals surface area contributed by atoms with Crippen molar-refractivity contribution in [2.24, 2.45) is 13.0 Å². The van der Waals surface area contributed by atoms with Gasteiger partial charge in [-0.15, -0.1) is 0 Å². The van der Waals surface area contributed by atoms with Crippen molar-refractivity contribution in [3.8, 4) is 0 Å². The van der Waals surface area contributed by atoms with Crippen molar-refractivity contribution in [3.63, 3.8) is 0 Å². The first-order valence-electron chi connectivity index (χ1n) is 8.65. The molecule has 2 aromatic heterocycles. The van der Waals surface area contributed by atoms with Crippen molar-refractivity contribution < 1.29 is 12.9 Å². The summed E-state index contributed by atoms with van der Waals surface area (Å²) in [4.78, 5) is 8.63. The Hall–Kier alpha value is -1.74. The second-order valence-corrected chi connectivity index (χ2v) is 9.42. The van der Waals surface area contributed by atoms with Crippen LogP contribution in [0.1, 0.15) is 50.7 Å². The van der Waals surface area contributed by atoms with Crippen molar-refractivity contribution in [2.75, 3.05) is 13.1 Å². The fourth-order valence-corrected chi connectivity index (χ4v) is 5.64. The average Bonchev–Trinajstić information content (AvgIpc) is 3.29. The lowest BCUT2D eigenvalue weighted by Crippen LogP contribution is -2.35. The van der Waals surface area contributed by atoms with E-state index >= 15 is 0 Å². The van der Waals surface area contributed by atoms with Gasteiger partial charge in [-0.3, -0.25) is 0 Å². The molecule has 4 rings (SSSR count). The molecule has 0 spiro atoms. The summed E-state index contributed by atoms with van der Waals surface area (Å²) in [5.74, 6) is 1.66. The quantitative estimate of drug-likeness (QED) is 0.818. The Morgan fingerprint density at radius 1 is 1.40 bits per heavy atom. The number of nitrogens with zero attached hydrogens (tertiary/aromatic N) is 5. The number of aromatic nitrogens is 4. The Morgan fingerprint density at radius 3 is 2.84 bits per heavy atom. The average molecular weight is 365 g/mol. The maximum absolute atomic E-state index is 13.0. The number of hydrogen-bond donors (Lipinski definition) is 0. The van der Waals surface area contributed by atoms with Crippen LogP contribution in [0.5, 0.6) is 0 Å². The minimum absolute atomic E-state index is 0.0982. The molecule has 9 heteroatoms. The van der Waals surface area contributed by atoms with Gasteiger partial charge >= 0.3 is 0 Å². The van der Waals surface area contributed by atoms with Crippen LogP contribution in [0.3, 0.4) is 0 Å². The lowest BCUT2D eigenvalue weighted by atomic mass is 9.80. The lowest BCUT2D eigenvalue weighted by Gasteiger charge is -2.24. The number of aryl methyl sites for hydroxylation is 1. The summed E-state index contributed by atoms with van der Waals surface area (Å²) in [7, 11) is -1.84. The standard InChI is InChI=1S/C16H23N5O3S/c1-11(2)14-18-15(19-24-14)16-6-4-5-12(16)7-21(9-16)25(22,23)13-8-20(3)10-17-13/h8,10-12H,4-7,9H2,1-3H3. The summed E-state index contributed by atoms with van der Waals surface area (Å²) in [5, 5.41) is 4.32. The van der Waals surface area contributed by atoms with Gasteiger partial charge in [0.15, 0.2) is 10.9 Å². The Balaban J connectivity index is 1.68. The summed E-state index contributed by atoms with van der Waals surface area (Å²) in [6, 6.07) is 0. The summed E-state index contributed by atoms with van der Waals surface area (Å²) < 4.78 is 34.5. The monoisotopic (exact) mass is 365 g/mol. The van der Waals surface area contributed by atoms with Gasteiger partial charge in [-0.1, -0.05) is 25.4 Å². The molecule has 136 valence electrons. The number of fused-ring (bicyclic) bond motifs is 1. The molecule has 8 nitrogen and oxygen atoms in total. The van der Waals surface area contributed by atoms with Crippen molar-refractivity contribution in [3.05, 3.63) is 24.2 Å². The van der Waals surface area contributed by atoms with E-state index in [0.29, 0.717) is 24.8 Å². The summed E-state index contributed by atoms with van der Waals surface area (Å²) in [5.41, 5.74) is -0.335. The molecule has 0 radical (unpaired) electrons. The van der Waals surface area contributed by atoms with E-state index in [-0.39, 0.29) is 22.3 Å². The summed E-state index contributed by atoms with van der Waals surface area (Å²) in [6.45, 7) is 4.90. The molecule has 2 aromatic rings. The molecule has 2 aliphatic rings. The second kappa shape index (κ2) is 5.63. The minimum Gasteiger partial charge on any atom is -0.339 e. The van der Waals surface area contributed by atoms with Gasteiger partial charge in [0.1, 0.15) is 0 Å². The zero-order valence-electron chi connectivity index (χ0n) is 14.7. The van der Waals surface area contributed by atoms with Crippen LogP contribution in [0.2, 0.25) is 0 Å². The van der Waals surface area contributed by atoms with Crippen molar-refractivity contribution in [1.82, 2.24) is 24.0 Å². The number of rotatable bonds is 4. The van der Waals surface area contributed by atoms with Gasteiger partial charge in [-0.25, -0.2) is 13.4 Å². The van der Waals surface area contributed by atoms with Crippen LogP contribution in [0.15, 0.2) is 22.1 Å². The van der Waals surface area contributed by atoms with Gasteiger partial charge < -0.3 is 9.09 Å². The zero-order chi connectivity index (χ0) is 17.8. The van der Waals surface area contributed by atoms with Crippen LogP contribution in [0.4, 0.5) is 0 Å². The number of hydrogen-bond acceptors (Lipinski definition) is 6. The van der Waals surface area contributed by atoms with E-state index in [0.717, 1.165) is 19.3 Å². The first-order valence-corrected chi connectivity index (χ1v) is 10.1. The van der Waals surface area contributed by atoms with Gasteiger partial charge in [-0.2, -0.15) is 9.29 Å². The van der Waals surface area contributed by atoms with Crippen molar-refractivity contribution >= 4 is 10.0 Å². The highest BCUT2D eigenvalue weighted by molar-refractivity contribution is 7.89. The first-order chi connectivity index (χ1) is 11.8. The van der Waals surface area contributed by atoms with E-state index in [1.165, 1.54) is 6.33 Å². The van der Waals surface area contributed by atoms with Gasteiger partial charge in [0, 0.05) is 32.3 Å². The maximum Gasteiger partial charge on any atom is 0.262 e. The second-order valence-electron chi connectivity index (χ2n) is 7.53. The van der Waals surface area contributed by atoms with Gasteiger partial charge in [0.2, 0.25) is 5.89 Å². The fourth-order valence-electron chi connectivity index (χ4n) is 4.12. The molecule has 25 heavy (non-hydrogen) atoms. The number of imidazole rings is 1. The molecule has 0 N–H and O–H groups in total. The molecule has 0 aromatic carbocycles. The molecule has 2 atom stereocenters. The molecular formula is C16H23N5O3S. The Bertz CT molecular complexity index is 887. The highest BCUT2D eigenvalue weighted by Crippen LogP contribution is 2.50. The number of sulfonamides is 1. The molecule has 1 saturated heterocycles. The SMILES string of the molecule is CC(C)c1nc(C23CCCC2CN(S(=O)(=O)c2cn(C)cn2)C3)no1. The first kappa shape index (κ1) is 16.7. The lowest BCUT2D eigenvalue weighted by molar-refractivity contribution is 0.324. The van der Waals surface area contributed by atoms with Crippen LogP contribution < -0.4 is 0 Å². The van der Waals surface area contributed by atoms with E-state index in [9.17, 15) is 8.42 Å². The Morgan fingerprint density at radius 2 is 2.20 bits per heavy atom. The zero-order valence-corrected chi connectivity index (χ0v) is 15.5. The van der Waals surface area contributed by atoms with Crippen LogP contribution in [0.25, 0.3) is 0 Å². The Labute approximate surface area is 147 Å². The smallest absolute Gasteiger partial charge is 0.262 e. The third kappa shape index (κ3) is 2.52. The van der Waals surface area contributed by atoms with Gasteiger partial charge in [0.25, 0.3) is 10.0 Å². The largest absolute Gasteiger partial charge is 0.339 e. The minimum atomic E-state index is -3.60. The third-order valence-corrected chi connectivity index (χ3v) is 7.20. The normalized spacial score (nSPS) is 27.3. The molecule has 3 heterocycles. The highest BCUT2D eigenvalue weighted by Gasteiger charge is 2.56. The third-order valence-electron chi connectivity index (χ3n) is 5.51. The van der Waals surface area contributed by atoms with Gasteiger partial charge in [0.05, 0.1) is 11.7 Å². The summed E-state index contributed by atoms with van der Waals surface area (Å²) in [6.07, 6.45) is 5.99. The predicted molar refractivity (Wildman–Crippen MR) is 89.4 cm³/mol. The topological polar surface area (TPSA) is 94.1 Å². The van der Waals surface area contributed by atoms with E-state index in [2.05, 4.69) is 15.1 Å². The molecule has 1 aliphatic heterocycles. The van der Waals surface area contributed by atoms with E-state index in [1.54, 1.807) is 22.1 Å². The fraction of sp³-hybridized carbons (Fsp3) is 0.688. The maximum atomic E-state index is 13.0. The van der Waals surface area contributed by atoms with Crippen LogP contribution in [-0.4, -0.2) is 45.5 Å². The molecule has 1 aliphatic carbocycles. The van der Waals surface area contributed by atoms with E-state index < -0.39 is 10.0 Å². The summed E-state index contributed by atoms with van der Waals surface area (Å²) >= 11 is 0. The molecule has 2 fully saturated rings. The van der Waals surface area contributed by atoms with Gasteiger partial charge in [-0.05, 0) is 18.8 Å². The van der Waals surface area contributed by atoms with Crippen LogP contribution in [0, 0.1) is 5.92 Å². The molecule has 1 saturated carbocycles. The molecule has 0 amide bonds. The molecule has 2 unspecified atom stereocenters. The molecule has 0 bridgehead atoms. The van der Waals surface area contributed by atoms with Crippen molar-refractivity contribution in [2.45, 2.75) is 49.5 Å². The van der Waals surface area contributed by atoms with Crippen molar-refractivity contribution in [1.29, 1.82) is 0 Å². The highest BCUT2D eigenvalue weighted by atomic mass is 32.2. The molecular weight excluding hydrogens is 342 g/mol. The van der Waals surface area contributed by atoms with Crippen LogP contribution >= 0.6 is 0 Å². The Kier molecular flexibility index (Phi) is 3.77. The van der Waals surface area contributed by atoms with E-state index in [4.69, 9.17) is 4.52 Å². The predicted octanol–water partition coefficient (Wildman–Crippen LogP) is 1.67. The van der Waals surface area contributed by atoms with Crippen LogP contribution in [-0.2, 0) is 22.5 Å². The van der Waals surface area contributed by atoms with E-state index in [1.807, 2.05) is 13.8 Å².